The molecule has 0 fully saturated rings. The Morgan fingerprint density at radius 1 is 1.12 bits per heavy atom. The highest BCUT2D eigenvalue weighted by atomic mass is 16.5. The van der Waals surface area contributed by atoms with E-state index in [9.17, 15) is 0 Å². The molecule has 0 spiro atoms. The molecule has 2 aromatic heterocycles. The first-order chi connectivity index (χ1) is 7.76. The molecule has 0 aliphatic carbocycles. The van der Waals surface area contributed by atoms with Crippen LogP contribution < -0.4 is 9.47 Å². The Labute approximate surface area is 91.4 Å². The van der Waals surface area contributed by atoms with Crippen molar-refractivity contribution < 1.29 is 14.0 Å². The first kappa shape index (κ1) is 10.3. The molecule has 0 amide bonds. The zero-order valence-corrected chi connectivity index (χ0v) is 9.09. The minimum absolute atomic E-state index is 0.340. The Balaban J connectivity index is 2.60. The fourth-order valence-electron chi connectivity index (χ4n) is 1.26. The van der Waals surface area contributed by atoms with Crippen LogP contribution in [0.1, 0.15) is 5.89 Å². The van der Waals surface area contributed by atoms with Crippen LogP contribution in [0.2, 0.25) is 0 Å². The molecule has 16 heavy (non-hydrogen) atoms. The highest BCUT2D eigenvalue weighted by Crippen LogP contribution is 2.32. The van der Waals surface area contributed by atoms with Gasteiger partial charge in [-0.1, -0.05) is 5.16 Å². The van der Waals surface area contributed by atoms with Gasteiger partial charge in [0, 0.05) is 6.92 Å². The summed E-state index contributed by atoms with van der Waals surface area (Å²) in [6, 6.07) is 0. The molecular formula is C9H10N4O3. The van der Waals surface area contributed by atoms with Crippen LogP contribution in [0.15, 0.2) is 10.9 Å². The van der Waals surface area contributed by atoms with Gasteiger partial charge < -0.3 is 14.0 Å². The van der Waals surface area contributed by atoms with Crippen molar-refractivity contribution in [3.8, 4) is 23.1 Å². The Kier molecular flexibility index (Phi) is 2.67. The third kappa shape index (κ3) is 1.67. The summed E-state index contributed by atoms with van der Waals surface area (Å²) < 4.78 is 15.1. The minimum Gasteiger partial charge on any atom is -0.480 e. The topological polar surface area (TPSA) is 83.2 Å². The van der Waals surface area contributed by atoms with Gasteiger partial charge in [0.15, 0.2) is 0 Å². The Morgan fingerprint density at radius 2 is 1.75 bits per heavy atom. The molecule has 0 aromatic carbocycles. The van der Waals surface area contributed by atoms with Gasteiger partial charge in [-0.15, -0.1) is 0 Å². The molecule has 2 heterocycles. The highest BCUT2D eigenvalue weighted by molar-refractivity contribution is 5.66. The van der Waals surface area contributed by atoms with Gasteiger partial charge in [0.25, 0.3) is 0 Å². The zero-order chi connectivity index (χ0) is 11.5. The van der Waals surface area contributed by atoms with Gasteiger partial charge in [0.05, 0.1) is 14.2 Å². The second-order valence-corrected chi connectivity index (χ2v) is 2.90. The largest absolute Gasteiger partial charge is 0.480 e. The van der Waals surface area contributed by atoms with Gasteiger partial charge >= 0.3 is 0 Å². The molecule has 0 N–H and O–H groups in total. The predicted molar refractivity (Wildman–Crippen MR) is 53.2 cm³/mol. The summed E-state index contributed by atoms with van der Waals surface area (Å²) >= 11 is 0. The lowest BCUT2D eigenvalue weighted by atomic mass is 10.3. The summed E-state index contributed by atoms with van der Waals surface area (Å²) in [5.41, 5.74) is 0.476. The van der Waals surface area contributed by atoms with Gasteiger partial charge in [-0.2, -0.15) is 4.98 Å². The summed E-state index contributed by atoms with van der Waals surface area (Å²) in [6.07, 6.45) is 1.34. The third-order valence-corrected chi connectivity index (χ3v) is 1.92. The van der Waals surface area contributed by atoms with E-state index in [2.05, 4.69) is 20.1 Å². The molecule has 7 heteroatoms. The molecule has 0 unspecified atom stereocenters. The number of aryl methyl sites for hydroxylation is 1. The maximum Gasteiger partial charge on any atom is 0.231 e. The van der Waals surface area contributed by atoms with Crippen LogP contribution in [0.25, 0.3) is 11.4 Å². The van der Waals surface area contributed by atoms with Crippen LogP contribution in [0.4, 0.5) is 0 Å². The normalized spacial score (nSPS) is 10.2. The average Bonchev–Trinajstić information content (AvgIpc) is 2.74. The van der Waals surface area contributed by atoms with E-state index in [0.29, 0.717) is 29.0 Å². The van der Waals surface area contributed by atoms with Gasteiger partial charge in [-0.3, -0.25) is 0 Å². The van der Waals surface area contributed by atoms with Crippen molar-refractivity contribution in [3.63, 3.8) is 0 Å². The Morgan fingerprint density at radius 3 is 2.19 bits per heavy atom. The number of methoxy groups -OCH3 is 2. The lowest BCUT2D eigenvalue weighted by molar-refractivity contribution is 0.371. The SMILES string of the molecule is COc1ncnc(OC)c1-c1noc(C)n1. The first-order valence-corrected chi connectivity index (χ1v) is 4.50. The molecular weight excluding hydrogens is 212 g/mol. The molecule has 2 aromatic rings. The van der Waals surface area contributed by atoms with E-state index < -0.39 is 0 Å². The van der Waals surface area contributed by atoms with Crippen LogP contribution >= 0.6 is 0 Å². The van der Waals surface area contributed by atoms with Crippen molar-refractivity contribution in [2.45, 2.75) is 6.92 Å². The van der Waals surface area contributed by atoms with E-state index >= 15 is 0 Å². The van der Waals surface area contributed by atoms with E-state index in [4.69, 9.17) is 14.0 Å². The van der Waals surface area contributed by atoms with Gasteiger partial charge in [0.1, 0.15) is 11.9 Å². The standard InChI is InChI=1S/C9H10N4O3/c1-5-12-7(13-16-5)6-8(14-2)10-4-11-9(6)15-3/h4H,1-3H3. The van der Waals surface area contributed by atoms with E-state index in [0.717, 1.165) is 0 Å². The second kappa shape index (κ2) is 4.13. The number of nitrogens with zero attached hydrogens (tertiary/aromatic N) is 4. The summed E-state index contributed by atoms with van der Waals surface area (Å²) in [5, 5.41) is 3.78. The third-order valence-electron chi connectivity index (χ3n) is 1.92. The summed E-state index contributed by atoms with van der Waals surface area (Å²) in [4.78, 5) is 12.0. The van der Waals surface area contributed by atoms with Crippen LogP contribution in [0.5, 0.6) is 11.8 Å². The molecule has 0 radical (unpaired) electrons. The molecule has 0 aliphatic heterocycles. The van der Waals surface area contributed by atoms with Crippen molar-refractivity contribution in [1.29, 1.82) is 0 Å². The first-order valence-electron chi connectivity index (χ1n) is 4.50. The molecule has 2 rings (SSSR count). The highest BCUT2D eigenvalue weighted by Gasteiger charge is 2.19. The average molecular weight is 222 g/mol. The number of aromatic nitrogens is 4. The number of ether oxygens (including phenoxy) is 2. The van der Waals surface area contributed by atoms with Gasteiger partial charge in [0.2, 0.25) is 23.5 Å². The number of hydrogen-bond acceptors (Lipinski definition) is 7. The van der Waals surface area contributed by atoms with E-state index in [1.54, 1.807) is 6.92 Å². The van der Waals surface area contributed by atoms with E-state index in [1.807, 2.05) is 0 Å². The van der Waals surface area contributed by atoms with Crippen molar-refractivity contribution in [2.24, 2.45) is 0 Å². The molecule has 7 nitrogen and oxygen atoms in total. The van der Waals surface area contributed by atoms with Crippen molar-refractivity contribution in [3.05, 3.63) is 12.2 Å². The van der Waals surface area contributed by atoms with Crippen molar-refractivity contribution in [1.82, 2.24) is 20.1 Å². The van der Waals surface area contributed by atoms with Crippen LogP contribution in [-0.4, -0.2) is 34.3 Å². The Hall–Kier alpha value is -2.18. The van der Waals surface area contributed by atoms with Gasteiger partial charge in [-0.05, 0) is 0 Å². The molecule has 0 bridgehead atoms. The lowest BCUT2D eigenvalue weighted by Gasteiger charge is -2.06. The number of rotatable bonds is 3. The maximum atomic E-state index is 5.10. The fraction of sp³-hybridized carbons (Fsp3) is 0.333. The molecule has 0 atom stereocenters. The van der Waals surface area contributed by atoms with Crippen LogP contribution in [-0.2, 0) is 0 Å². The fourth-order valence-corrected chi connectivity index (χ4v) is 1.26. The summed E-state index contributed by atoms with van der Waals surface area (Å²) in [5.74, 6) is 1.47. The molecule has 0 saturated heterocycles. The lowest BCUT2D eigenvalue weighted by Crippen LogP contribution is -1.98. The summed E-state index contributed by atoms with van der Waals surface area (Å²) in [6.45, 7) is 1.69. The molecule has 0 aliphatic rings. The smallest absolute Gasteiger partial charge is 0.231 e. The minimum atomic E-state index is 0.340. The van der Waals surface area contributed by atoms with Crippen LogP contribution in [0.3, 0.4) is 0 Å². The quantitative estimate of drug-likeness (QED) is 0.761. The molecule has 84 valence electrons. The monoisotopic (exact) mass is 222 g/mol. The maximum absolute atomic E-state index is 5.10. The van der Waals surface area contributed by atoms with Crippen molar-refractivity contribution >= 4 is 0 Å². The number of hydrogen-bond donors (Lipinski definition) is 0. The van der Waals surface area contributed by atoms with Crippen molar-refractivity contribution in [2.75, 3.05) is 14.2 Å². The summed E-state index contributed by atoms with van der Waals surface area (Å²) in [7, 11) is 3.00. The zero-order valence-electron chi connectivity index (χ0n) is 9.09. The van der Waals surface area contributed by atoms with E-state index in [1.165, 1.54) is 20.5 Å². The van der Waals surface area contributed by atoms with E-state index in [-0.39, 0.29) is 0 Å². The predicted octanol–water partition coefficient (Wildman–Crippen LogP) is 0.852. The van der Waals surface area contributed by atoms with Crippen LogP contribution in [0, 0.1) is 6.92 Å². The second-order valence-electron chi connectivity index (χ2n) is 2.90. The Bertz CT molecular complexity index is 475. The van der Waals surface area contributed by atoms with Gasteiger partial charge in [-0.25, -0.2) is 9.97 Å². The molecule has 0 saturated carbocycles.